The van der Waals surface area contributed by atoms with Crippen molar-refractivity contribution in [3.8, 4) is 0 Å². The number of benzene rings is 1. The Balaban J connectivity index is 2.46. The summed E-state index contributed by atoms with van der Waals surface area (Å²) < 4.78 is 5.33. The van der Waals surface area contributed by atoms with Gasteiger partial charge in [-0.05, 0) is 5.56 Å². The molecule has 0 aliphatic heterocycles. The molecule has 0 aliphatic rings. The standard InChI is InChI=1S/C15H14O5/c16-8-13(7-15(18)19)6-14(9-17)11-20-10-12-4-2-1-3-5-12/h1-5H,6-7,10-11H2,(H,18,19). The molecule has 1 aromatic carbocycles. The lowest BCUT2D eigenvalue weighted by molar-refractivity contribution is -0.136. The largest absolute Gasteiger partial charge is 0.481 e. The van der Waals surface area contributed by atoms with E-state index < -0.39 is 12.4 Å². The minimum Gasteiger partial charge on any atom is -0.481 e. The Morgan fingerprint density at radius 1 is 1.05 bits per heavy atom. The number of aliphatic carboxylic acids is 1. The Morgan fingerprint density at radius 3 is 2.25 bits per heavy atom. The van der Waals surface area contributed by atoms with Crippen LogP contribution in [0.3, 0.4) is 0 Å². The zero-order valence-electron chi connectivity index (χ0n) is 10.8. The molecule has 1 rings (SSSR count). The highest BCUT2D eigenvalue weighted by Crippen LogP contribution is 2.11. The maximum Gasteiger partial charge on any atom is 0.308 e. The SMILES string of the molecule is O=C=C(COCc1ccccc1)CC(=C=O)CC(=O)O. The van der Waals surface area contributed by atoms with Crippen LogP contribution in [0.5, 0.6) is 0 Å². The van der Waals surface area contributed by atoms with Crippen molar-refractivity contribution in [2.24, 2.45) is 0 Å². The molecule has 0 spiro atoms. The first-order valence-electron chi connectivity index (χ1n) is 5.95. The van der Waals surface area contributed by atoms with Crippen molar-refractivity contribution >= 4 is 17.9 Å². The van der Waals surface area contributed by atoms with E-state index in [-0.39, 0.29) is 24.2 Å². The molecule has 20 heavy (non-hydrogen) atoms. The van der Waals surface area contributed by atoms with Crippen LogP contribution in [0, 0.1) is 0 Å². The second kappa shape index (κ2) is 8.62. The molecule has 0 bridgehead atoms. The smallest absolute Gasteiger partial charge is 0.308 e. The number of carbonyl (C=O) groups excluding carboxylic acids is 2. The number of carbonyl (C=O) groups is 1. The van der Waals surface area contributed by atoms with Gasteiger partial charge < -0.3 is 9.84 Å². The first-order valence-corrected chi connectivity index (χ1v) is 5.95. The molecule has 104 valence electrons. The predicted molar refractivity (Wildman–Crippen MR) is 71.4 cm³/mol. The highest BCUT2D eigenvalue weighted by molar-refractivity contribution is 5.75. The van der Waals surface area contributed by atoms with Crippen LogP contribution in [0.25, 0.3) is 0 Å². The molecule has 5 heteroatoms. The van der Waals surface area contributed by atoms with Gasteiger partial charge in [0.05, 0.1) is 19.6 Å². The molecule has 5 nitrogen and oxygen atoms in total. The molecule has 1 aromatic rings. The van der Waals surface area contributed by atoms with Crippen LogP contribution in [0.4, 0.5) is 0 Å². The predicted octanol–water partition coefficient (Wildman–Crippen LogP) is 1.58. The summed E-state index contributed by atoms with van der Waals surface area (Å²) in [4.78, 5) is 31.8. The van der Waals surface area contributed by atoms with Gasteiger partial charge in [-0.2, -0.15) is 0 Å². The normalized spacial score (nSPS) is 9.40. The van der Waals surface area contributed by atoms with Gasteiger partial charge in [-0.15, -0.1) is 0 Å². The lowest BCUT2D eigenvalue weighted by Crippen LogP contribution is -2.04. The molecule has 0 saturated carbocycles. The molecule has 1 N–H and O–H groups in total. The fraction of sp³-hybridized carbons (Fsp3) is 0.267. The van der Waals surface area contributed by atoms with E-state index in [9.17, 15) is 14.4 Å². The number of carboxylic acids is 1. The first-order chi connectivity index (χ1) is 9.65. The van der Waals surface area contributed by atoms with Crippen LogP contribution in [0.1, 0.15) is 18.4 Å². The van der Waals surface area contributed by atoms with Crippen LogP contribution in [-0.4, -0.2) is 29.6 Å². The molecule has 0 amide bonds. The van der Waals surface area contributed by atoms with Gasteiger partial charge in [-0.3, -0.25) is 4.79 Å². The maximum absolute atomic E-state index is 10.8. The van der Waals surface area contributed by atoms with Crippen molar-refractivity contribution < 1.29 is 24.2 Å². The van der Waals surface area contributed by atoms with E-state index in [4.69, 9.17) is 9.84 Å². The fourth-order valence-electron chi connectivity index (χ4n) is 1.56. The summed E-state index contributed by atoms with van der Waals surface area (Å²) in [5.74, 6) is 2.07. The number of hydrogen-bond donors (Lipinski definition) is 1. The summed E-state index contributed by atoms with van der Waals surface area (Å²) >= 11 is 0. The van der Waals surface area contributed by atoms with Crippen LogP contribution in [0.15, 0.2) is 41.5 Å². The van der Waals surface area contributed by atoms with Gasteiger partial charge in [0.1, 0.15) is 11.9 Å². The summed E-state index contributed by atoms with van der Waals surface area (Å²) in [6.45, 7) is 0.328. The Kier molecular flexibility index (Phi) is 6.72. The molecule has 0 unspecified atom stereocenters. The lowest BCUT2D eigenvalue weighted by atomic mass is 10.1. The number of rotatable bonds is 8. The van der Waals surface area contributed by atoms with E-state index in [2.05, 4.69) is 0 Å². The second-order valence-corrected chi connectivity index (χ2v) is 4.14. The summed E-state index contributed by atoms with van der Waals surface area (Å²) in [5.41, 5.74) is 1.15. The highest BCUT2D eigenvalue weighted by atomic mass is 16.5. The van der Waals surface area contributed by atoms with Gasteiger partial charge in [-0.1, -0.05) is 30.3 Å². The van der Waals surface area contributed by atoms with Gasteiger partial charge >= 0.3 is 5.97 Å². The van der Waals surface area contributed by atoms with Gasteiger partial charge in [0.2, 0.25) is 0 Å². The highest BCUT2D eigenvalue weighted by Gasteiger charge is 2.09. The third-order valence-electron chi connectivity index (χ3n) is 2.47. The molecular formula is C15H14O5. The molecular weight excluding hydrogens is 260 g/mol. The van der Waals surface area contributed by atoms with Gasteiger partial charge in [0.25, 0.3) is 0 Å². The van der Waals surface area contributed by atoms with Crippen molar-refractivity contribution in [1.82, 2.24) is 0 Å². The maximum atomic E-state index is 10.8. The summed E-state index contributed by atoms with van der Waals surface area (Å²) in [6.07, 6.45) is -0.512. The molecule has 0 heterocycles. The van der Waals surface area contributed by atoms with E-state index in [1.54, 1.807) is 5.94 Å². The monoisotopic (exact) mass is 274 g/mol. The van der Waals surface area contributed by atoms with Crippen molar-refractivity contribution in [1.29, 1.82) is 0 Å². The number of hydrogen-bond acceptors (Lipinski definition) is 4. The van der Waals surface area contributed by atoms with Crippen molar-refractivity contribution in [2.45, 2.75) is 19.4 Å². The van der Waals surface area contributed by atoms with Crippen LogP contribution in [-0.2, 0) is 25.7 Å². The van der Waals surface area contributed by atoms with Gasteiger partial charge in [-0.25, -0.2) is 9.59 Å². The third-order valence-corrected chi connectivity index (χ3v) is 2.47. The molecule has 0 radical (unpaired) electrons. The Labute approximate surface area is 116 Å². The van der Waals surface area contributed by atoms with E-state index in [1.807, 2.05) is 30.3 Å². The van der Waals surface area contributed by atoms with Gasteiger partial charge in [0.15, 0.2) is 0 Å². The average Bonchev–Trinajstić information content (AvgIpc) is 2.45. The molecule has 0 saturated heterocycles. The quantitative estimate of drug-likeness (QED) is 0.728. The zero-order valence-corrected chi connectivity index (χ0v) is 10.8. The van der Waals surface area contributed by atoms with Crippen LogP contribution in [0.2, 0.25) is 0 Å². The molecule has 0 aromatic heterocycles. The summed E-state index contributed by atoms with van der Waals surface area (Å²) in [7, 11) is 0. The van der Waals surface area contributed by atoms with E-state index in [1.165, 1.54) is 5.94 Å². The Bertz CT molecular complexity index is 549. The summed E-state index contributed by atoms with van der Waals surface area (Å²) in [5, 5.41) is 8.59. The average molecular weight is 274 g/mol. The van der Waals surface area contributed by atoms with E-state index in [0.29, 0.717) is 6.61 Å². The summed E-state index contributed by atoms with van der Waals surface area (Å²) in [6, 6.07) is 9.38. The van der Waals surface area contributed by atoms with Crippen LogP contribution >= 0.6 is 0 Å². The fourth-order valence-corrected chi connectivity index (χ4v) is 1.56. The topological polar surface area (TPSA) is 80.7 Å². The minimum absolute atomic E-state index is 0.000777. The molecule has 0 atom stereocenters. The van der Waals surface area contributed by atoms with Gasteiger partial charge in [0, 0.05) is 17.6 Å². The minimum atomic E-state index is -1.14. The Hall–Kier alpha value is -2.45. The van der Waals surface area contributed by atoms with Crippen molar-refractivity contribution in [2.75, 3.05) is 6.61 Å². The zero-order chi connectivity index (χ0) is 14.8. The van der Waals surface area contributed by atoms with Crippen molar-refractivity contribution in [3.05, 3.63) is 47.0 Å². The van der Waals surface area contributed by atoms with E-state index in [0.717, 1.165) is 5.56 Å². The number of carboxylic acid groups (broad SMARTS) is 1. The van der Waals surface area contributed by atoms with Crippen molar-refractivity contribution in [3.63, 3.8) is 0 Å². The second-order valence-electron chi connectivity index (χ2n) is 4.14. The third kappa shape index (κ3) is 5.94. The van der Waals surface area contributed by atoms with E-state index >= 15 is 0 Å². The number of ether oxygens (including phenoxy) is 1. The lowest BCUT2D eigenvalue weighted by Gasteiger charge is -2.05. The Morgan fingerprint density at radius 2 is 1.70 bits per heavy atom. The first kappa shape index (κ1) is 15.6. The molecule has 0 aliphatic carbocycles. The van der Waals surface area contributed by atoms with Crippen LogP contribution < -0.4 is 0 Å². The molecule has 0 fully saturated rings.